The Hall–Kier alpha value is -0.220. The van der Waals surface area contributed by atoms with Crippen LogP contribution >= 0.6 is 11.8 Å². The van der Waals surface area contributed by atoms with Crippen LogP contribution in [-0.4, -0.2) is 41.4 Å². The van der Waals surface area contributed by atoms with E-state index in [1.165, 1.54) is 6.42 Å². The van der Waals surface area contributed by atoms with Crippen molar-refractivity contribution in [3.8, 4) is 0 Å². The minimum Gasteiger partial charge on any atom is -0.341 e. The molecule has 0 aromatic heterocycles. The first kappa shape index (κ1) is 12.2. The lowest BCUT2D eigenvalue weighted by molar-refractivity contribution is -0.133. The van der Waals surface area contributed by atoms with E-state index in [0.717, 1.165) is 31.7 Å². The highest BCUT2D eigenvalue weighted by atomic mass is 32.2. The number of likely N-dealkylation sites (tertiary alicyclic amines) is 1. The number of hydrogen-bond donors (Lipinski definition) is 1. The molecule has 2 aliphatic heterocycles. The summed E-state index contributed by atoms with van der Waals surface area (Å²) in [6.45, 7) is 4.79. The van der Waals surface area contributed by atoms with Crippen molar-refractivity contribution < 1.29 is 4.79 Å². The van der Waals surface area contributed by atoms with Crippen LogP contribution in [-0.2, 0) is 4.79 Å². The van der Waals surface area contributed by atoms with E-state index in [2.05, 4.69) is 11.8 Å². The number of piperidine rings is 1. The van der Waals surface area contributed by atoms with Gasteiger partial charge >= 0.3 is 0 Å². The maximum Gasteiger partial charge on any atom is 0.235 e. The average Bonchev–Trinajstić information content (AvgIpc) is 2.82. The van der Waals surface area contributed by atoms with Gasteiger partial charge in [-0.1, -0.05) is 6.92 Å². The minimum atomic E-state index is 0.242. The minimum absolute atomic E-state index is 0.242. The SMILES string of the molecule is CC1CCN(C(=O)C2CCCS2)CC1CN. The van der Waals surface area contributed by atoms with Gasteiger partial charge in [0.2, 0.25) is 5.91 Å². The second-order valence-electron chi connectivity index (χ2n) is 5.05. The summed E-state index contributed by atoms with van der Waals surface area (Å²) in [5.41, 5.74) is 5.77. The fraction of sp³-hybridized carbons (Fsp3) is 0.917. The molecule has 92 valence electrons. The van der Waals surface area contributed by atoms with Crippen molar-refractivity contribution in [3.05, 3.63) is 0 Å². The fourth-order valence-electron chi connectivity index (χ4n) is 2.63. The van der Waals surface area contributed by atoms with Crippen LogP contribution in [0.4, 0.5) is 0 Å². The Kier molecular flexibility index (Phi) is 4.14. The van der Waals surface area contributed by atoms with Crippen LogP contribution in [0.1, 0.15) is 26.2 Å². The summed E-state index contributed by atoms with van der Waals surface area (Å²) in [4.78, 5) is 14.3. The Morgan fingerprint density at radius 3 is 2.94 bits per heavy atom. The highest BCUT2D eigenvalue weighted by Crippen LogP contribution is 2.30. The second-order valence-corrected chi connectivity index (χ2v) is 6.36. The molecule has 2 fully saturated rings. The van der Waals surface area contributed by atoms with E-state index in [4.69, 9.17) is 5.73 Å². The molecule has 4 heteroatoms. The van der Waals surface area contributed by atoms with Gasteiger partial charge in [0.25, 0.3) is 0 Å². The molecule has 1 amide bonds. The van der Waals surface area contributed by atoms with E-state index in [-0.39, 0.29) is 5.25 Å². The van der Waals surface area contributed by atoms with E-state index in [0.29, 0.717) is 24.3 Å². The zero-order valence-corrected chi connectivity index (χ0v) is 10.8. The number of nitrogens with zero attached hydrogens (tertiary/aromatic N) is 1. The third-order valence-electron chi connectivity index (χ3n) is 3.93. The van der Waals surface area contributed by atoms with Crippen LogP contribution in [0.2, 0.25) is 0 Å². The molecular formula is C12H22N2OS. The molecule has 0 bridgehead atoms. The van der Waals surface area contributed by atoms with Crippen molar-refractivity contribution in [2.24, 2.45) is 17.6 Å². The maximum atomic E-state index is 12.2. The van der Waals surface area contributed by atoms with Gasteiger partial charge in [0.1, 0.15) is 0 Å². The molecule has 0 spiro atoms. The molecular weight excluding hydrogens is 220 g/mol. The van der Waals surface area contributed by atoms with Gasteiger partial charge in [-0.15, -0.1) is 11.8 Å². The topological polar surface area (TPSA) is 46.3 Å². The normalized spacial score (nSPS) is 35.4. The summed E-state index contributed by atoms with van der Waals surface area (Å²) in [6.07, 6.45) is 3.39. The number of amides is 1. The molecule has 0 saturated carbocycles. The molecule has 0 aliphatic carbocycles. The third kappa shape index (κ3) is 2.54. The highest BCUT2D eigenvalue weighted by Gasteiger charge is 2.32. The molecule has 2 saturated heterocycles. The molecule has 16 heavy (non-hydrogen) atoms. The van der Waals surface area contributed by atoms with Gasteiger partial charge in [-0.3, -0.25) is 4.79 Å². The molecule has 2 rings (SSSR count). The standard InChI is InChI=1S/C12H22N2OS/c1-9-4-5-14(8-10(9)7-13)12(15)11-3-2-6-16-11/h9-11H,2-8,13H2,1H3. The van der Waals surface area contributed by atoms with Crippen molar-refractivity contribution in [2.75, 3.05) is 25.4 Å². The lowest BCUT2D eigenvalue weighted by Crippen LogP contribution is -2.47. The summed E-state index contributed by atoms with van der Waals surface area (Å²) in [6, 6.07) is 0. The van der Waals surface area contributed by atoms with Crippen LogP contribution in [0, 0.1) is 11.8 Å². The molecule has 3 unspecified atom stereocenters. The van der Waals surface area contributed by atoms with Crippen molar-refractivity contribution in [2.45, 2.75) is 31.4 Å². The molecule has 3 atom stereocenters. The first-order valence-corrected chi connectivity index (χ1v) is 7.37. The fourth-order valence-corrected chi connectivity index (χ4v) is 3.88. The van der Waals surface area contributed by atoms with Gasteiger partial charge in [0.05, 0.1) is 5.25 Å². The van der Waals surface area contributed by atoms with E-state index in [9.17, 15) is 4.79 Å². The third-order valence-corrected chi connectivity index (χ3v) is 5.30. The molecule has 2 heterocycles. The van der Waals surface area contributed by atoms with Crippen molar-refractivity contribution in [3.63, 3.8) is 0 Å². The lowest BCUT2D eigenvalue weighted by atomic mass is 9.87. The summed E-state index contributed by atoms with van der Waals surface area (Å²) < 4.78 is 0. The molecule has 0 radical (unpaired) electrons. The van der Waals surface area contributed by atoms with Crippen LogP contribution in [0.25, 0.3) is 0 Å². The molecule has 2 N–H and O–H groups in total. The molecule has 0 aromatic rings. The number of carbonyl (C=O) groups is 1. The quantitative estimate of drug-likeness (QED) is 0.794. The summed E-state index contributed by atoms with van der Waals surface area (Å²) in [7, 11) is 0. The first-order valence-electron chi connectivity index (χ1n) is 6.33. The predicted molar refractivity (Wildman–Crippen MR) is 68.4 cm³/mol. The highest BCUT2D eigenvalue weighted by molar-refractivity contribution is 8.00. The van der Waals surface area contributed by atoms with Gasteiger partial charge in [0, 0.05) is 13.1 Å². The van der Waals surface area contributed by atoms with E-state index >= 15 is 0 Å². The summed E-state index contributed by atoms with van der Waals surface area (Å²) >= 11 is 1.83. The van der Waals surface area contributed by atoms with Gasteiger partial charge in [-0.25, -0.2) is 0 Å². The number of thioether (sulfide) groups is 1. The Balaban J connectivity index is 1.91. The van der Waals surface area contributed by atoms with Gasteiger partial charge in [-0.05, 0) is 43.4 Å². The van der Waals surface area contributed by atoms with Crippen molar-refractivity contribution in [1.29, 1.82) is 0 Å². The zero-order chi connectivity index (χ0) is 11.5. The van der Waals surface area contributed by atoms with E-state index < -0.39 is 0 Å². The number of hydrogen-bond acceptors (Lipinski definition) is 3. The van der Waals surface area contributed by atoms with Crippen LogP contribution in [0.5, 0.6) is 0 Å². The molecule has 0 aromatic carbocycles. The Bertz CT molecular complexity index is 253. The van der Waals surface area contributed by atoms with Crippen LogP contribution < -0.4 is 5.73 Å². The smallest absolute Gasteiger partial charge is 0.235 e. The van der Waals surface area contributed by atoms with E-state index in [1.807, 2.05) is 11.8 Å². The van der Waals surface area contributed by atoms with Crippen LogP contribution in [0.15, 0.2) is 0 Å². The number of nitrogens with two attached hydrogens (primary N) is 1. The Morgan fingerprint density at radius 1 is 1.50 bits per heavy atom. The lowest BCUT2D eigenvalue weighted by Gasteiger charge is -2.37. The largest absolute Gasteiger partial charge is 0.341 e. The Labute approximate surface area is 102 Å². The molecule has 3 nitrogen and oxygen atoms in total. The predicted octanol–water partition coefficient (Wildman–Crippen LogP) is 1.33. The summed E-state index contributed by atoms with van der Waals surface area (Å²) in [5, 5.41) is 0.242. The molecule has 2 aliphatic rings. The first-order chi connectivity index (χ1) is 7.72. The Morgan fingerprint density at radius 2 is 2.31 bits per heavy atom. The summed E-state index contributed by atoms with van der Waals surface area (Å²) in [5.74, 6) is 2.70. The van der Waals surface area contributed by atoms with E-state index in [1.54, 1.807) is 0 Å². The van der Waals surface area contributed by atoms with Crippen molar-refractivity contribution >= 4 is 17.7 Å². The number of rotatable bonds is 2. The van der Waals surface area contributed by atoms with Gasteiger partial charge < -0.3 is 10.6 Å². The maximum absolute atomic E-state index is 12.2. The van der Waals surface area contributed by atoms with Gasteiger partial charge in [0.15, 0.2) is 0 Å². The second kappa shape index (κ2) is 5.41. The monoisotopic (exact) mass is 242 g/mol. The van der Waals surface area contributed by atoms with Gasteiger partial charge in [-0.2, -0.15) is 0 Å². The van der Waals surface area contributed by atoms with Crippen molar-refractivity contribution in [1.82, 2.24) is 4.90 Å². The average molecular weight is 242 g/mol. The number of carbonyl (C=O) groups excluding carboxylic acids is 1. The van der Waals surface area contributed by atoms with Crippen LogP contribution in [0.3, 0.4) is 0 Å². The zero-order valence-electron chi connectivity index (χ0n) is 10.0.